The Bertz CT molecular complexity index is 369. The van der Waals surface area contributed by atoms with Crippen molar-refractivity contribution in [1.29, 1.82) is 0 Å². The third-order valence-corrected chi connectivity index (χ3v) is 3.57. The highest BCUT2D eigenvalue weighted by Crippen LogP contribution is 2.22. The minimum Gasteiger partial charge on any atom is -0.388 e. The molecule has 0 bridgehead atoms. The van der Waals surface area contributed by atoms with Gasteiger partial charge >= 0.3 is 0 Å². The van der Waals surface area contributed by atoms with Gasteiger partial charge in [0.15, 0.2) is 0 Å². The first kappa shape index (κ1) is 13.3. The van der Waals surface area contributed by atoms with Gasteiger partial charge in [0, 0.05) is 32.4 Å². The molecule has 1 fully saturated rings. The van der Waals surface area contributed by atoms with Crippen LogP contribution in [0.25, 0.3) is 0 Å². The Balaban J connectivity index is 2.03. The first-order chi connectivity index (χ1) is 8.58. The van der Waals surface area contributed by atoms with Gasteiger partial charge in [0.2, 0.25) is 0 Å². The average Bonchev–Trinajstić information content (AvgIpc) is 2.39. The van der Waals surface area contributed by atoms with E-state index in [4.69, 9.17) is 0 Å². The fraction of sp³-hybridized carbons (Fsp3) is 0.643. The fourth-order valence-electron chi connectivity index (χ4n) is 2.18. The van der Waals surface area contributed by atoms with Crippen LogP contribution in [0.15, 0.2) is 18.3 Å². The van der Waals surface area contributed by atoms with E-state index in [-0.39, 0.29) is 5.92 Å². The van der Waals surface area contributed by atoms with Crippen LogP contribution in [0, 0.1) is 5.92 Å². The molecule has 2 heterocycles. The zero-order valence-electron chi connectivity index (χ0n) is 11.5. The van der Waals surface area contributed by atoms with E-state index >= 15 is 0 Å². The Morgan fingerprint density at radius 1 is 1.17 bits per heavy atom. The molecule has 0 aliphatic carbocycles. The summed E-state index contributed by atoms with van der Waals surface area (Å²) < 4.78 is 0. The molecule has 2 rings (SSSR count). The molecule has 1 unspecified atom stereocenters. The number of nitrogens with zero attached hydrogens (tertiary/aromatic N) is 3. The molecule has 100 valence electrons. The van der Waals surface area contributed by atoms with E-state index in [1.807, 2.05) is 26.0 Å². The van der Waals surface area contributed by atoms with Crippen LogP contribution in [0.5, 0.6) is 0 Å². The molecule has 1 aromatic rings. The summed E-state index contributed by atoms with van der Waals surface area (Å²) in [5, 5.41) is 9.97. The van der Waals surface area contributed by atoms with E-state index in [9.17, 15) is 5.11 Å². The molecule has 0 radical (unpaired) electrons. The van der Waals surface area contributed by atoms with E-state index in [0.717, 1.165) is 37.6 Å². The van der Waals surface area contributed by atoms with Crippen LogP contribution in [0.4, 0.5) is 5.82 Å². The second-order valence-corrected chi connectivity index (χ2v) is 5.43. The third-order valence-electron chi connectivity index (χ3n) is 3.57. The van der Waals surface area contributed by atoms with Crippen LogP contribution < -0.4 is 4.90 Å². The van der Waals surface area contributed by atoms with Crippen LogP contribution in [-0.4, -0.2) is 48.2 Å². The van der Waals surface area contributed by atoms with Gasteiger partial charge in [0.05, 0.1) is 6.10 Å². The first-order valence-electron chi connectivity index (χ1n) is 6.65. The van der Waals surface area contributed by atoms with Crippen LogP contribution in [0.3, 0.4) is 0 Å². The summed E-state index contributed by atoms with van der Waals surface area (Å²) in [6.07, 6.45) is 1.39. The lowest BCUT2D eigenvalue weighted by atomic mass is 10.0. The van der Waals surface area contributed by atoms with Crippen molar-refractivity contribution < 1.29 is 5.11 Å². The van der Waals surface area contributed by atoms with Gasteiger partial charge in [0.1, 0.15) is 5.82 Å². The lowest BCUT2D eigenvalue weighted by Crippen LogP contribution is -2.44. The molecule has 0 saturated carbocycles. The van der Waals surface area contributed by atoms with Gasteiger partial charge in [-0.2, -0.15) is 0 Å². The Kier molecular flexibility index (Phi) is 4.19. The zero-order chi connectivity index (χ0) is 13.1. The van der Waals surface area contributed by atoms with Gasteiger partial charge < -0.3 is 14.9 Å². The molecule has 4 heteroatoms. The Hall–Kier alpha value is -1.13. The van der Waals surface area contributed by atoms with E-state index in [1.165, 1.54) is 0 Å². The highest BCUT2D eigenvalue weighted by Gasteiger charge is 2.16. The van der Waals surface area contributed by atoms with Crippen molar-refractivity contribution in [3.8, 4) is 0 Å². The van der Waals surface area contributed by atoms with Crippen molar-refractivity contribution in [2.24, 2.45) is 5.92 Å². The number of aromatic nitrogens is 1. The molecule has 0 amide bonds. The van der Waals surface area contributed by atoms with Crippen LogP contribution >= 0.6 is 0 Å². The molecule has 1 aliphatic heterocycles. The monoisotopic (exact) mass is 249 g/mol. The summed E-state index contributed by atoms with van der Waals surface area (Å²) in [6.45, 7) is 8.24. The number of pyridine rings is 1. The summed E-state index contributed by atoms with van der Waals surface area (Å²) in [6, 6.07) is 4.01. The van der Waals surface area contributed by atoms with Crippen molar-refractivity contribution in [1.82, 2.24) is 9.88 Å². The number of hydrogen-bond donors (Lipinski definition) is 1. The molecule has 0 spiro atoms. The lowest BCUT2D eigenvalue weighted by Gasteiger charge is -2.33. The number of hydrogen-bond acceptors (Lipinski definition) is 4. The van der Waals surface area contributed by atoms with Crippen molar-refractivity contribution >= 4 is 5.82 Å². The topological polar surface area (TPSA) is 39.6 Å². The average molecular weight is 249 g/mol. The number of aliphatic hydroxyl groups is 1. The molecule has 1 atom stereocenters. The second-order valence-electron chi connectivity index (χ2n) is 5.43. The summed E-state index contributed by atoms with van der Waals surface area (Å²) in [5.41, 5.74) is 0.905. The maximum absolute atomic E-state index is 9.97. The number of rotatable bonds is 3. The Morgan fingerprint density at radius 3 is 2.33 bits per heavy atom. The second kappa shape index (κ2) is 5.67. The van der Waals surface area contributed by atoms with Gasteiger partial charge in [-0.15, -0.1) is 0 Å². The summed E-state index contributed by atoms with van der Waals surface area (Å²) in [7, 11) is 2.15. The number of aliphatic hydroxyl groups excluding tert-OH is 1. The van der Waals surface area contributed by atoms with Crippen LogP contribution in [0.1, 0.15) is 25.5 Å². The zero-order valence-corrected chi connectivity index (χ0v) is 11.5. The minimum atomic E-state index is -0.418. The predicted octanol–water partition coefficient (Wildman–Crippen LogP) is 1.52. The van der Waals surface area contributed by atoms with Crippen LogP contribution in [-0.2, 0) is 0 Å². The van der Waals surface area contributed by atoms with Gasteiger partial charge in [-0.3, -0.25) is 0 Å². The SMILES string of the molecule is CC(C)C(O)c1ccc(N2CCN(C)CC2)nc1. The number of piperazine rings is 1. The van der Waals surface area contributed by atoms with E-state index in [0.29, 0.717) is 0 Å². The Labute approximate surface area is 109 Å². The third kappa shape index (κ3) is 3.00. The smallest absolute Gasteiger partial charge is 0.128 e. The van der Waals surface area contributed by atoms with E-state index in [1.54, 1.807) is 6.20 Å². The highest BCUT2D eigenvalue weighted by molar-refractivity contribution is 5.40. The molecule has 0 aromatic carbocycles. The minimum absolute atomic E-state index is 0.223. The number of likely N-dealkylation sites (N-methyl/N-ethyl adjacent to an activating group) is 1. The van der Waals surface area contributed by atoms with E-state index < -0.39 is 6.10 Å². The quantitative estimate of drug-likeness (QED) is 0.881. The van der Waals surface area contributed by atoms with Crippen molar-refractivity contribution in [3.63, 3.8) is 0 Å². The Morgan fingerprint density at radius 2 is 1.83 bits per heavy atom. The van der Waals surface area contributed by atoms with Crippen molar-refractivity contribution in [3.05, 3.63) is 23.9 Å². The first-order valence-corrected chi connectivity index (χ1v) is 6.65. The predicted molar refractivity (Wildman–Crippen MR) is 73.7 cm³/mol. The van der Waals surface area contributed by atoms with Crippen LogP contribution in [0.2, 0.25) is 0 Å². The van der Waals surface area contributed by atoms with Gasteiger partial charge in [-0.25, -0.2) is 4.98 Å². The largest absolute Gasteiger partial charge is 0.388 e. The molecule has 1 aromatic heterocycles. The maximum Gasteiger partial charge on any atom is 0.128 e. The summed E-state index contributed by atoms with van der Waals surface area (Å²) in [5.74, 6) is 1.24. The van der Waals surface area contributed by atoms with Gasteiger partial charge in [-0.1, -0.05) is 19.9 Å². The van der Waals surface area contributed by atoms with Gasteiger partial charge in [-0.05, 0) is 24.6 Å². The molecule has 1 saturated heterocycles. The van der Waals surface area contributed by atoms with Crippen molar-refractivity contribution in [2.45, 2.75) is 20.0 Å². The fourth-order valence-corrected chi connectivity index (χ4v) is 2.18. The van der Waals surface area contributed by atoms with Crippen molar-refractivity contribution in [2.75, 3.05) is 38.1 Å². The molecule has 1 N–H and O–H groups in total. The molecule has 1 aliphatic rings. The van der Waals surface area contributed by atoms with Gasteiger partial charge in [0.25, 0.3) is 0 Å². The lowest BCUT2D eigenvalue weighted by molar-refractivity contribution is 0.126. The molecule has 4 nitrogen and oxygen atoms in total. The highest BCUT2D eigenvalue weighted by atomic mass is 16.3. The standard InChI is InChI=1S/C14H23N3O/c1-11(2)14(18)12-4-5-13(15-10-12)17-8-6-16(3)7-9-17/h4-5,10-11,14,18H,6-9H2,1-3H3. The normalized spacial score (nSPS) is 19.3. The maximum atomic E-state index is 9.97. The molecular weight excluding hydrogens is 226 g/mol. The molecule has 18 heavy (non-hydrogen) atoms. The molecular formula is C14H23N3O. The summed E-state index contributed by atoms with van der Waals surface area (Å²) in [4.78, 5) is 9.10. The van der Waals surface area contributed by atoms with E-state index in [2.05, 4.69) is 21.8 Å². The number of anilines is 1. The summed E-state index contributed by atoms with van der Waals surface area (Å²) >= 11 is 0.